The van der Waals surface area contributed by atoms with Gasteiger partial charge in [-0.05, 0) is 0 Å². The SMILES string of the molecule is CC(=O)NCC(=O)N(CC(=O)O)CC(=O)NCCNC(=O)CN(CC(=O)O)C(=O)CNC(=O)CNC(=O)CN(CC(O)O)C(=O)CNC(=O)CNF. The minimum absolute atomic E-state index is 0.235. The number of carboxylic acid groups (broad SMARTS) is 2. The van der Waals surface area contributed by atoms with Crippen molar-refractivity contribution >= 4 is 65.1 Å². The molecule has 0 unspecified atom stereocenters. The van der Waals surface area contributed by atoms with Gasteiger partial charge in [0, 0.05) is 20.0 Å². The van der Waals surface area contributed by atoms with Crippen LogP contribution < -0.4 is 37.4 Å². The van der Waals surface area contributed by atoms with E-state index in [2.05, 4.69) is 26.6 Å². The van der Waals surface area contributed by atoms with Crippen molar-refractivity contribution in [3.8, 4) is 0 Å². The summed E-state index contributed by atoms with van der Waals surface area (Å²) in [5.74, 6) is -10.9. The average Bonchev–Trinajstić information content (AvgIpc) is 3.04. The van der Waals surface area contributed by atoms with E-state index < -0.39 is 143 Å². The molecule has 11 N–H and O–H groups in total. The Balaban J connectivity index is 4.85. The first-order valence-corrected chi connectivity index (χ1v) is 14.9. The van der Waals surface area contributed by atoms with Crippen molar-refractivity contribution in [1.29, 1.82) is 0 Å². The highest BCUT2D eigenvalue weighted by Gasteiger charge is 2.23. The van der Waals surface area contributed by atoms with Gasteiger partial charge in [-0.3, -0.25) is 52.7 Å². The van der Waals surface area contributed by atoms with Gasteiger partial charge in [-0.25, -0.2) is 0 Å². The molecule has 0 aromatic rings. The molecule has 0 atom stereocenters. The molecule has 0 saturated carbocycles. The lowest BCUT2D eigenvalue weighted by molar-refractivity contribution is -0.146. The summed E-state index contributed by atoms with van der Waals surface area (Å²) in [6, 6.07) is 0. The molecule has 0 aliphatic rings. The second kappa shape index (κ2) is 25.0. The van der Waals surface area contributed by atoms with E-state index in [4.69, 9.17) is 10.2 Å². The molecule has 0 radical (unpaired) electrons. The maximum atomic E-state index is 12.5. The number of nitrogens with one attached hydrogen (secondary N) is 7. The monoisotopic (exact) mass is 752 g/mol. The first-order valence-electron chi connectivity index (χ1n) is 14.9. The van der Waals surface area contributed by atoms with Crippen LogP contribution in [0, 0.1) is 0 Å². The van der Waals surface area contributed by atoms with Crippen molar-refractivity contribution in [1.82, 2.24) is 52.1 Å². The Bertz CT molecular complexity index is 1330. The number of nitrogens with zero attached hydrogens (tertiary/aromatic N) is 3. The standard InChI is InChI=1S/C26H41FN10O15/c1-15(38)30-6-21(44)35(12-24(47)48)9-18(41)28-2-3-29-19(42)10-36(13-25(49)50)22(45)7-32-16(39)4-31-20(43)11-37(14-26(51)52)23(46)8-33-17(40)5-34-27/h26,34,51-52H,2-14H2,1H3,(H,28,41)(H,29,42)(H,30,38)(H,31,43)(H,32,39)(H,33,40)(H,47,48)(H,49,50). The van der Waals surface area contributed by atoms with Gasteiger partial charge < -0.3 is 67.0 Å². The maximum absolute atomic E-state index is 12.5. The third kappa shape index (κ3) is 22.6. The first-order chi connectivity index (χ1) is 24.3. The Morgan fingerprint density at radius 2 is 0.865 bits per heavy atom. The molecule has 0 aromatic heterocycles. The molecule has 25 nitrogen and oxygen atoms in total. The fourth-order valence-corrected chi connectivity index (χ4v) is 3.58. The van der Waals surface area contributed by atoms with E-state index in [9.17, 15) is 67.4 Å². The van der Waals surface area contributed by atoms with Gasteiger partial charge in [0.1, 0.15) is 32.7 Å². The van der Waals surface area contributed by atoms with Crippen LogP contribution in [0.3, 0.4) is 0 Å². The Hall–Kier alpha value is -6.02. The van der Waals surface area contributed by atoms with Crippen LogP contribution in [0.1, 0.15) is 6.92 Å². The molecule has 0 spiro atoms. The molecule has 0 saturated heterocycles. The number of aliphatic hydroxyl groups is 2. The van der Waals surface area contributed by atoms with Gasteiger partial charge in [-0.2, -0.15) is 0 Å². The molecule has 292 valence electrons. The molecule has 9 amide bonds. The fourth-order valence-electron chi connectivity index (χ4n) is 3.58. The highest BCUT2D eigenvalue weighted by Crippen LogP contribution is 1.94. The number of carbonyl (C=O) groups excluding carboxylic acids is 9. The Morgan fingerprint density at radius 1 is 0.500 bits per heavy atom. The van der Waals surface area contributed by atoms with E-state index in [1.54, 1.807) is 0 Å². The highest BCUT2D eigenvalue weighted by molar-refractivity contribution is 5.93. The third-order valence-electron chi connectivity index (χ3n) is 5.90. The minimum atomic E-state index is -2.08. The van der Waals surface area contributed by atoms with Crippen LogP contribution in [-0.2, 0) is 52.7 Å². The van der Waals surface area contributed by atoms with Crippen molar-refractivity contribution in [2.24, 2.45) is 0 Å². The van der Waals surface area contributed by atoms with E-state index in [0.717, 1.165) is 12.5 Å². The van der Waals surface area contributed by atoms with Crippen molar-refractivity contribution in [3.05, 3.63) is 0 Å². The minimum Gasteiger partial charge on any atom is -0.480 e. The second-order valence-electron chi connectivity index (χ2n) is 10.3. The molecule has 0 heterocycles. The lowest BCUT2D eigenvalue weighted by Gasteiger charge is -2.23. The number of amides is 9. The zero-order valence-electron chi connectivity index (χ0n) is 27.8. The normalized spacial score (nSPS) is 10.2. The van der Waals surface area contributed by atoms with Gasteiger partial charge in [0.25, 0.3) is 0 Å². The van der Waals surface area contributed by atoms with E-state index in [-0.39, 0.29) is 13.1 Å². The molecule has 0 rings (SSSR count). The van der Waals surface area contributed by atoms with E-state index >= 15 is 0 Å². The number of hydrogen-bond acceptors (Lipinski definition) is 14. The quantitative estimate of drug-likeness (QED) is 0.0234. The van der Waals surface area contributed by atoms with Gasteiger partial charge in [0.2, 0.25) is 53.2 Å². The smallest absolute Gasteiger partial charge is 0.323 e. The molecular formula is C26H41FN10O15. The summed E-state index contributed by atoms with van der Waals surface area (Å²) in [6.07, 6.45) is -2.08. The van der Waals surface area contributed by atoms with Crippen molar-refractivity contribution < 1.29 is 77.6 Å². The predicted molar refractivity (Wildman–Crippen MR) is 166 cm³/mol. The van der Waals surface area contributed by atoms with E-state index in [1.807, 2.05) is 5.32 Å². The summed E-state index contributed by atoms with van der Waals surface area (Å²) in [4.78, 5) is 132. The van der Waals surface area contributed by atoms with Crippen LogP contribution in [0.5, 0.6) is 0 Å². The second-order valence-corrected chi connectivity index (χ2v) is 10.3. The summed E-state index contributed by atoms with van der Waals surface area (Å²) in [7, 11) is 0. The number of aliphatic carboxylic acids is 2. The number of aliphatic hydroxyl groups excluding tert-OH is 1. The topological polar surface area (TPSA) is 363 Å². The number of carboxylic acids is 2. The summed E-state index contributed by atoms with van der Waals surface area (Å²) < 4.78 is 12.0. The largest absolute Gasteiger partial charge is 0.480 e. The Morgan fingerprint density at radius 3 is 1.27 bits per heavy atom. The van der Waals surface area contributed by atoms with Crippen molar-refractivity contribution in [2.75, 3.05) is 85.1 Å². The van der Waals surface area contributed by atoms with Gasteiger partial charge in [0.05, 0.1) is 39.3 Å². The van der Waals surface area contributed by atoms with Crippen LogP contribution in [0.15, 0.2) is 0 Å². The number of rotatable bonds is 25. The molecule has 0 bridgehead atoms. The van der Waals surface area contributed by atoms with Crippen LogP contribution in [0.2, 0.25) is 0 Å². The average molecular weight is 753 g/mol. The zero-order chi connectivity index (χ0) is 39.8. The molecule has 0 fully saturated rings. The Kier molecular flexibility index (Phi) is 22.1. The lowest BCUT2D eigenvalue weighted by Crippen LogP contribution is -2.50. The van der Waals surface area contributed by atoms with Crippen LogP contribution in [0.4, 0.5) is 4.48 Å². The Labute approximate surface area is 293 Å². The van der Waals surface area contributed by atoms with Gasteiger partial charge in [-0.1, -0.05) is 0 Å². The number of halogens is 1. The van der Waals surface area contributed by atoms with Crippen LogP contribution in [-0.4, -0.2) is 192 Å². The lowest BCUT2D eigenvalue weighted by atomic mass is 10.3. The summed E-state index contributed by atoms with van der Waals surface area (Å²) in [5, 5.41) is 49.4. The third-order valence-corrected chi connectivity index (χ3v) is 5.90. The van der Waals surface area contributed by atoms with Crippen molar-refractivity contribution in [3.63, 3.8) is 0 Å². The van der Waals surface area contributed by atoms with Gasteiger partial charge in [0.15, 0.2) is 6.29 Å². The predicted octanol–water partition coefficient (Wildman–Crippen LogP) is -8.86. The van der Waals surface area contributed by atoms with Gasteiger partial charge >= 0.3 is 11.9 Å². The van der Waals surface area contributed by atoms with Gasteiger partial charge in [-0.15, -0.1) is 10.0 Å². The van der Waals surface area contributed by atoms with Crippen LogP contribution >= 0.6 is 0 Å². The summed E-state index contributed by atoms with van der Waals surface area (Å²) in [6.45, 7) is -7.89. The summed E-state index contributed by atoms with van der Waals surface area (Å²) >= 11 is 0. The van der Waals surface area contributed by atoms with Crippen molar-refractivity contribution in [2.45, 2.75) is 13.2 Å². The molecule has 26 heteroatoms. The number of carbonyl (C=O) groups is 11. The highest BCUT2D eigenvalue weighted by atomic mass is 19.2. The zero-order valence-corrected chi connectivity index (χ0v) is 27.8. The van der Waals surface area contributed by atoms with E-state index in [0.29, 0.717) is 14.7 Å². The summed E-state index contributed by atoms with van der Waals surface area (Å²) in [5.41, 5.74) is 1.05. The molecular weight excluding hydrogens is 711 g/mol. The molecule has 0 aliphatic carbocycles. The fraction of sp³-hybridized carbons (Fsp3) is 0.577. The maximum Gasteiger partial charge on any atom is 0.323 e. The van der Waals surface area contributed by atoms with Crippen LogP contribution in [0.25, 0.3) is 0 Å². The molecule has 0 aliphatic heterocycles. The molecule has 0 aromatic carbocycles. The van der Waals surface area contributed by atoms with E-state index in [1.165, 1.54) is 0 Å². The number of hydrogen-bond donors (Lipinski definition) is 11. The molecule has 52 heavy (non-hydrogen) atoms. The first kappa shape index (κ1) is 46.0.